The van der Waals surface area contributed by atoms with Gasteiger partial charge in [0.05, 0.1) is 10.6 Å². The molecule has 5 nitrogen and oxygen atoms in total. The third kappa shape index (κ3) is 3.41. The number of hydrogen-bond acceptors (Lipinski definition) is 4. The molecule has 0 saturated heterocycles. The zero-order valence-electron chi connectivity index (χ0n) is 13.6. The van der Waals surface area contributed by atoms with Crippen LogP contribution in [0.1, 0.15) is 10.4 Å². The molecule has 1 aliphatic heterocycles. The van der Waals surface area contributed by atoms with Crippen LogP contribution in [0.5, 0.6) is 11.5 Å². The molecule has 0 unspecified atom stereocenters. The molecule has 1 N–H and O–H groups in total. The Morgan fingerprint density at radius 1 is 1.04 bits per heavy atom. The predicted octanol–water partition coefficient (Wildman–Crippen LogP) is 4.98. The molecule has 0 radical (unpaired) electrons. The fraction of sp³-hybridized carbons (Fsp3) is 0.0526. The molecule has 0 bridgehead atoms. The van der Waals surface area contributed by atoms with Crippen molar-refractivity contribution in [2.24, 2.45) is 0 Å². The molecule has 0 fully saturated rings. The van der Waals surface area contributed by atoms with Crippen molar-refractivity contribution in [2.75, 3.05) is 5.32 Å². The molecule has 2 aromatic carbocycles. The van der Waals surface area contributed by atoms with Crippen LogP contribution >= 0.6 is 11.6 Å². The maximum atomic E-state index is 13.3. The summed E-state index contributed by atoms with van der Waals surface area (Å²) in [6.45, 7) is 0. The summed E-state index contributed by atoms with van der Waals surface area (Å²) in [5.74, 6) is -0.220. The number of ether oxygens (including phenoxy) is 2. The van der Waals surface area contributed by atoms with Gasteiger partial charge in [0.15, 0.2) is 11.5 Å². The lowest BCUT2D eigenvalue weighted by atomic mass is 10.1. The number of carbonyl (C=O) groups excluding carboxylic acids is 1. The molecule has 0 saturated carbocycles. The van der Waals surface area contributed by atoms with E-state index in [2.05, 4.69) is 19.8 Å². The van der Waals surface area contributed by atoms with Crippen molar-refractivity contribution in [3.8, 4) is 22.6 Å². The van der Waals surface area contributed by atoms with Gasteiger partial charge in [0.25, 0.3) is 5.91 Å². The first-order chi connectivity index (χ1) is 12.9. The Morgan fingerprint density at radius 2 is 1.85 bits per heavy atom. The lowest BCUT2D eigenvalue weighted by Crippen LogP contribution is -2.26. The number of pyridine rings is 1. The van der Waals surface area contributed by atoms with E-state index >= 15 is 0 Å². The van der Waals surface area contributed by atoms with E-state index < -0.39 is 12.2 Å². The minimum atomic E-state index is -3.70. The standard InChI is InChI=1S/C19H11ClF2N2O3/c20-14-6-2-1-4-13(14)18(25)24-16-9-8-11(10-23-16)12-5-3-7-15-17(12)27-19(21,22)26-15/h1-10H,(H,23,24,25). The third-order valence-corrected chi connectivity index (χ3v) is 4.19. The van der Waals surface area contributed by atoms with Gasteiger partial charge >= 0.3 is 6.29 Å². The van der Waals surface area contributed by atoms with Crippen LogP contribution in [0.3, 0.4) is 0 Å². The first kappa shape index (κ1) is 17.2. The number of para-hydroxylation sites is 1. The Morgan fingerprint density at radius 3 is 2.59 bits per heavy atom. The molecule has 0 spiro atoms. The maximum Gasteiger partial charge on any atom is 0.586 e. The highest BCUT2D eigenvalue weighted by Crippen LogP contribution is 2.46. The van der Waals surface area contributed by atoms with Gasteiger partial charge < -0.3 is 14.8 Å². The van der Waals surface area contributed by atoms with Gasteiger partial charge in [-0.15, -0.1) is 8.78 Å². The molecule has 1 amide bonds. The van der Waals surface area contributed by atoms with Crippen LogP contribution in [0.15, 0.2) is 60.8 Å². The van der Waals surface area contributed by atoms with Gasteiger partial charge in [0.1, 0.15) is 5.82 Å². The molecule has 136 valence electrons. The fourth-order valence-corrected chi connectivity index (χ4v) is 2.87. The maximum absolute atomic E-state index is 13.3. The van der Waals surface area contributed by atoms with Gasteiger partial charge in [-0.05, 0) is 30.3 Å². The average molecular weight is 389 g/mol. The highest BCUT2D eigenvalue weighted by Gasteiger charge is 2.44. The van der Waals surface area contributed by atoms with E-state index in [0.717, 1.165) is 0 Å². The zero-order chi connectivity index (χ0) is 19.0. The van der Waals surface area contributed by atoms with E-state index in [4.69, 9.17) is 11.6 Å². The summed E-state index contributed by atoms with van der Waals surface area (Å²) in [6.07, 6.45) is -2.26. The predicted molar refractivity (Wildman–Crippen MR) is 95.3 cm³/mol. The van der Waals surface area contributed by atoms with Crippen LogP contribution in [-0.2, 0) is 0 Å². The minimum absolute atomic E-state index is 0.0476. The summed E-state index contributed by atoms with van der Waals surface area (Å²) in [5.41, 5.74) is 1.25. The Bertz CT molecular complexity index is 1030. The third-order valence-electron chi connectivity index (χ3n) is 3.86. The first-order valence-corrected chi connectivity index (χ1v) is 8.22. The summed E-state index contributed by atoms with van der Waals surface area (Å²) in [6, 6.07) is 14.4. The highest BCUT2D eigenvalue weighted by molar-refractivity contribution is 6.34. The smallest absolute Gasteiger partial charge is 0.395 e. The van der Waals surface area contributed by atoms with Crippen LogP contribution < -0.4 is 14.8 Å². The average Bonchev–Trinajstić information content (AvgIpc) is 2.96. The lowest BCUT2D eigenvalue weighted by Gasteiger charge is -2.09. The van der Waals surface area contributed by atoms with E-state index in [1.165, 1.54) is 12.3 Å². The molecule has 27 heavy (non-hydrogen) atoms. The first-order valence-electron chi connectivity index (χ1n) is 7.84. The van der Waals surface area contributed by atoms with Crippen LogP contribution in [-0.4, -0.2) is 17.2 Å². The Balaban J connectivity index is 1.57. The van der Waals surface area contributed by atoms with E-state index in [0.29, 0.717) is 27.5 Å². The Hall–Kier alpha value is -3.19. The van der Waals surface area contributed by atoms with Crippen molar-refractivity contribution in [1.82, 2.24) is 4.98 Å². The van der Waals surface area contributed by atoms with E-state index in [-0.39, 0.29) is 11.5 Å². The van der Waals surface area contributed by atoms with Crippen molar-refractivity contribution in [3.63, 3.8) is 0 Å². The molecular formula is C19H11ClF2N2O3. The molecule has 8 heteroatoms. The molecule has 0 aliphatic carbocycles. The number of rotatable bonds is 3. The molecule has 1 aliphatic rings. The van der Waals surface area contributed by atoms with Gasteiger partial charge in [0, 0.05) is 17.3 Å². The number of hydrogen-bond donors (Lipinski definition) is 1. The van der Waals surface area contributed by atoms with Gasteiger partial charge in [-0.25, -0.2) is 4.98 Å². The number of nitrogens with zero attached hydrogens (tertiary/aromatic N) is 1. The fourth-order valence-electron chi connectivity index (χ4n) is 2.65. The SMILES string of the molecule is O=C(Nc1ccc(-c2cccc3c2OC(F)(F)O3)cn1)c1ccccc1Cl. The largest absolute Gasteiger partial charge is 0.586 e. The number of carbonyl (C=O) groups is 1. The van der Waals surface area contributed by atoms with E-state index in [9.17, 15) is 13.6 Å². The number of halogens is 3. The quantitative estimate of drug-likeness (QED) is 0.687. The number of benzene rings is 2. The van der Waals surface area contributed by atoms with E-state index in [1.807, 2.05) is 0 Å². The summed E-state index contributed by atoms with van der Waals surface area (Å²) in [7, 11) is 0. The minimum Gasteiger partial charge on any atom is -0.395 e. The summed E-state index contributed by atoms with van der Waals surface area (Å²) in [4.78, 5) is 16.4. The van der Waals surface area contributed by atoms with Crippen LogP contribution in [0.4, 0.5) is 14.6 Å². The topological polar surface area (TPSA) is 60.5 Å². The number of amides is 1. The normalized spacial score (nSPS) is 14.0. The number of alkyl halides is 2. The monoisotopic (exact) mass is 388 g/mol. The zero-order valence-corrected chi connectivity index (χ0v) is 14.3. The van der Waals surface area contributed by atoms with Gasteiger partial charge in [-0.3, -0.25) is 4.79 Å². The number of aromatic nitrogens is 1. The molecule has 0 atom stereocenters. The number of nitrogens with one attached hydrogen (secondary N) is 1. The van der Waals surface area contributed by atoms with Gasteiger partial charge in [-0.2, -0.15) is 0 Å². The van der Waals surface area contributed by atoms with Crippen molar-refractivity contribution in [3.05, 3.63) is 71.4 Å². The molecule has 4 rings (SSSR count). The Labute approximate surface area is 157 Å². The van der Waals surface area contributed by atoms with Crippen LogP contribution in [0.25, 0.3) is 11.1 Å². The second-order valence-electron chi connectivity index (χ2n) is 5.67. The van der Waals surface area contributed by atoms with Crippen molar-refractivity contribution in [2.45, 2.75) is 6.29 Å². The highest BCUT2D eigenvalue weighted by atomic mass is 35.5. The molecule has 3 aromatic rings. The summed E-state index contributed by atoms with van der Waals surface area (Å²) < 4.78 is 35.7. The molecule has 2 heterocycles. The van der Waals surface area contributed by atoms with Crippen molar-refractivity contribution < 1.29 is 23.0 Å². The number of anilines is 1. The summed E-state index contributed by atoms with van der Waals surface area (Å²) >= 11 is 6.00. The van der Waals surface area contributed by atoms with Crippen LogP contribution in [0, 0.1) is 0 Å². The van der Waals surface area contributed by atoms with Gasteiger partial charge in [0.2, 0.25) is 0 Å². The molecular weight excluding hydrogens is 378 g/mol. The van der Waals surface area contributed by atoms with Crippen LogP contribution in [0.2, 0.25) is 5.02 Å². The molecule has 1 aromatic heterocycles. The van der Waals surface area contributed by atoms with Crippen molar-refractivity contribution in [1.29, 1.82) is 0 Å². The summed E-state index contributed by atoms with van der Waals surface area (Å²) in [5, 5.41) is 2.96. The Kier molecular flexibility index (Phi) is 4.16. The van der Waals surface area contributed by atoms with E-state index in [1.54, 1.807) is 48.5 Å². The second-order valence-corrected chi connectivity index (χ2v) is 6.07. The second kappa shape index (κ2) is 6.51. The lowest BCUT2D eigenvalue weighted by molar-refractivity contribution is -0.286. The van der Waals surface area contributed by atoms with Gasteiger partial charge in [-0.1, -0.05) is 35.9 Å². The number of fused-ring (bicyclic) bond motifs is 1. The van der Waals surface area contributed by atoms with Crippen molar-refractivity contribution >= 4 is 23.3 Å².